The Morgan fingerprint density at radius 1 is 1.24 bits per heavy atom. The van der Waals surface area contributed by atoms with E-state index in [2.05, 4.69) is 11.2 Å². The number of aromatic nitrogens is 2. The number of hydrogen-bond donors (Lipinski definition) is 0. The molecule has 0 fully saturated rings. The second-order valence-electron chi connectivity index (χ2n) is 3.83. The Kier molecular flexibility index (Phi) is 3.06. The first-order chi connectivity index (χ1) is 8.22. The largest absolute Gasteiger partial charge is 0.267 e. The van der Waals surface area contributed by atoms with E-state index in [9.17, 15) is 0 Å². The van der Waals surface area contributed by atoms with E-state index in [-0.39, 0.29) is 0 Å². The van der Waals surface area contributed by atoms with Gasteiger partial charge in [0.15, 0.2) is 0 Å². The number of aryl methyl sites for hydroxylation is 2. The van der Waals surface area contributed by atoms with Gasteiger partial charge in [0, 0.05) is 7.05 Å². The molecular weight excluding hydrogens is 210 g/mol. The second kappa shape index (κ2) is 4.67. The van der Waals surface area contributed by atoms with E-state index in [1.807, 2.05) is 56.5 Å². The average Bonchev–Trinajstić information content (AvgIpc) is 2.62. The van der Waals surface area contributed by atoms with Crippen LogP contribution in [0.2, 0.25) is 0 Å². The fraction of sp³-hybridized carbons (Fsp3) is 0.143. The maximum absolute atomic E-state index is 9.07. The van der Waals surface area contributed by atoms with Crippen LogP contribution in [0.15, 0.2) is 30.3 Å². The molecule has 0 aliphatic heterocycles. The summed E-state index contributed by atoms with van der Waals surface area (Å²) in [5.41, 5.74) is 3.35. The van der Waals surface area contributed by atoms with Crippen LogP contribution in [0.5, 0.6) is 0 Å². The molecule has 1 aromatic heterocycles. The Morgan fingerprint density at radius 3 is 2.59 bits per heavy atom. The van der Waals surface area contributed by atoms with E-state index in [0.717, 1.165) is 17.0 Å². The zero-order valence-corrected chi connectivity index (χ0v) is 9.88. The molecule has 1 aromatic carbocycles. The molecule has 0 unspecified atom stereocenters. The fourth-order valence-corrected chi connectivity index (χ4v) is 1.74. The van der Waals surface area contributed by atoms with E-state index in [0.29, 0.717) is 5.56 Å². The Morgan fingerprint density at radius 2 is 1.94 bits per heavy atom. The molecule has 0 N–H and O–H groups in total. The Labute approximate surface area is 101 Å². The van der Waals surface area contributed by atoms with Gasteiger partial charge in [-0.1, -0.05) is 36.4 Å². The number of benzene rings is 1. The van der Waals surface area contributed by atoms with E-state index in [1.54, 1.807) is 4.68 Å². The van der Waals surface area contributed by atoms with Gasteiger partial charge in [-0.15, -0.1) is 0 Å². The van der Waals surface area contributed by atoms with Crippen molar-refractivity contribution in [2.75, 3.05) is 0 Å². The highest BCUT2D eigenvalue weighted by atomic mass is 15.3. The summed E-state index contributed by atoms with van der Waals surface area (Å²) in [5.74, 6) is 0. The van der Waals surface area contributed by atoms with E-state index in [4.69, 9.17) is 5.26 Å². The molecule has 0 radical (unpaired) electrons. The van der Waals surface area contributed by atoms with Gasteiger partial charge in [0.1, 0.15) is 11.6 Å². The summed E-state index contributed by atoms with van der Waals surface area (Å²) in [5, 5.41) is 13.3. The molecule has 1 heterocycles. The topological polar surface area (TPSA) is 41.6 Å². The SMILES string of the molecule is Cc1nn(C)c(/C=C/c2ccccc2)c1C#N. The predicted molar refractivity (Wildman–Crippen MR) is 68.0 cm³/mol. The zero-order chi connectivity index (χ0) is 12.3. The first-order valence-corrected chi connectivity index (χ1v) is 5.39. The van der Waals surface area contributed by atoms with E-state index >= 15 is 0 Å². The molecular formula is C14H13N3. The van der Waals surface area contributed by atoms with Crippen LogP contribution in [0.4, 0.5) is 0 Å². The molecule has 0 aliphatic carbocycles. The molecule has 3 heteroatoms. The van der Waals surface area contributed by atoms with Gasteiger partial charge < -0.3 is 0 Å². The van der Waals surface area contributed by atoms with Gasteiger partial charge in [-0.2, -0.15) is 10.4 Å². The third-order valence-corrected chi connectivity index (χ3v) is 2.61. The molecule has 0 spiro atoms. The molecule has 3 nitrogen and oxygen atoms in total. The first-order valence-electron chi connectivity index (χ1n) is 5.39. The van der Waals surface area contributed by atoms with Crippen molar-refractivity contribution >= 4 is 12.2 Å². The van der Waals surface area contributed by atoms with Gasteiger partial charge >= 0.3 is 0 Å². The van der Waals surface area contributed by atoms with Gasteiger partial charge in [-0.25, -0.2) is 0 Å². The molecule has 0 aliphatic rings. The Bertz CT molecular complexity index is 586. The van der Waals surface area contributed by atoms with Crippen LogP contribution in [0, 0.1) is 18.3 Å². The minimum atomic E-state index is 0.639. The summed E-state index contributed by atoms with van der Waals surface area (Å²) in [6.07, 6.45) is 3.91. The minimum Gasteiger partial charge on any atom is -0.267 e. The number of nitrogens with zero attached hydrogens (tertiary/aromatic N) is 3. The summed E-state index contributed by atoms with van der Waals surface area (Å²) in [4.78, 5) is 0. The molecule has 0 atom stereocenters. The smallest absolute Gasteiger partial charge is 0.103 e. The van der Waals surface area contributed by atoms with Crippen molar-refractivity contribution in [3.63, 3.8) is 0 Å². The lowest BCUT2D eigenvalue weighted by molar-refractivity contribution is 0.749. The molecule has 84 valence electrons. The highest BCUT2D eigenvalue weighted by Crippen LogP contribution is 2.15. The maximum atomic E-state index is 9.07. The Hall–Kier alpha value is -2.34. The summed E-state index contributed by atoms with van der Waals surface area (Å²) < 4.78 is 1.73. The van der Waals surface area contributed by atoms with Crippen molar-refractivity contribution in [1.29, 1.82) is 5.26 Å². The maximum Gasteiger partial charge on any atom is 0.103 e. The van der Waals surface area contributed by atoms with E-state index < -0.39 is 0 Å². The fourth-order valence-electron chi connectivity index (χ4n) is 1.74. The third kappa shape index (κ3) is 2.26. The molecule has 0 bridgehead atoms. The van der Waals surface area contributed by atoms with Crippen molar-refractivity contribution in [2.24, 2.45) is 7.05 Å². The number of rotatable bonds is 2. The van der Waals surface area contributed by atoms with Crippen LogP contribution in [0.25, 0.3) is 12.2 Å². The summed E-state index contributed by atoms with van der Waals surface area (Å²) in [7, 11) is 1.85. The lowest BCUT2D eigenvalue weighted by Gasteiger charge is -1.95. The van der Waals surface area contributed by atoms with Crippen molar-refractivity contribution < 1.29 is 0 Å². The molecule has 0 saturated carbocycles. The van der Waals surface area contributed by atoms with Crippen LogP contribution in [-0.2, 0) is 7.05 Å². The van der Waals surface area contributed by atoms with Crippen LogP contribution >= 0.6 is 0 Å². The molecule has 2 aromatic rings. The molecule has 0 amide bonds. The van der Waals surface area contributed by atoms with Crippen LogP contribution in [0.3, 0.4) is 0 Å². The number of nitriles is 1. The lowest BCUT2D eigenvalue weighted by Crippen LogP contribution is -1.93. The second-order valence-corrected chi connectivity index (χ2v) is 3.83. The lowest BCUT2D eigenvalue weighted by atomic mass is 10.1. The van der Waals surface area contributed by atoms with Crippen LogP contribution in [-0.4, -0.2) is 9.78 Å². The van der Waals surface area contributed by atoms with Gasteiger partial charge in [0.2, 0.25) is 0 Å². The normalized spacial score (nSPS) is 10.6. The monoisotopic (exact) mass is 223 g/mol. The summed E-state index contributed by atoms with van der Waals surface area (Å²) in [6.45, 7) is 1.85. The number of hydrogen-bond acceptors (Lipinski definition) is 2. The van der Waals surface area contributed by atoms with Crippen molar-refractivity contribution in [3.05, 3.63) is 52.8 Å². The average molecular weight is 223 g/mol. The van der Waals surface area contributed by atoms with E-state index in [1.165, 1.54) is 0 Å². The van der Waals surface area contributed by atoms with Crippen LogP contribution in [0.1, 0.15) is 22.5 Å². The molecule has 2 rings (SSSR count). The van der Waals surface area contributed by atoms with Crippen molar-refractivity contribution in [2.45, 2.75) is 6.92 Å². The highest BCUT2D eigenvalue weighted by molar-refractivity contribution is 5.71. The van der Waals surface area contributed by atoms with Crippen LogP contribution < -0.4 is 0 Å². The summed E-state index contributed by atoms with van der Waals surface area (Å²) >= 11 is 0. The van der Waals surface area contributed by atoms with Crippen molar-refractivity contribution in [1.82, 2.24) is 9.78 Å². The molecule has 0 saturated heterocycles. The summed E-state index contributed by atoms with van der Waals surface area (Å²) in [6, 6.07) is 12.2. The predicted octanol–water partition coefficient (Wildman–Crippen LogP) is 2.77. The zero-order valence-electron chi connectivity index (χ0n) is 9.88. The Balaban J connectivity index is 2.37. The van der Waals surface area contributed by atoms with Crippen molar-refractivity contribution in [3.8, 4) is 6.07 Å². The minimum absolute atomic E-state index is 0.639. The third-order valence-electron chi connectivity index (χ3n) is 2.61. The quantitative estimate of drug-likeness (QED) is 0.785. The highest BCUT2D eigenvalue weighted by Gasteiger charge is 2.09. The van der Waals surface area contributed by atoms with Gasteiger partial charge in [0.25, 0.3) is 0 Å². The first kappa shape index (κ1) is 11.2. The standard InChI is InChI=1S/C14H13N3/c1-11-13(10-15)14(17(2)16-11)9-8-12-6-4-3-5-7-12/h3-9H,1-2H3/b9-8+. The van der Waals surface area contributed by atoms with Gasteiger partial charge in [0.05, 0.1) is 11.4 Å². The van der Waals surface area contributed by atoms with Gasteiger partial charge in [-0.05, 0) is 18.6 Å². The molecule has 17 heavy (non-hydrogen) atoms. The van der Waals surface area contributed by atoms with Gasteiger partial charge in [-0.3, -0.25) is 4.68 Å².